The van der Waals surface area contributed by atoms with Crippen molar-refractivity contribution in [3.8, 4) is 0 Å². The fourth-order valence-electron chi connectivity index (χ4n) is 1.82. The summed E-state index contributed by atoms with van der Waals surface area (Å²) in [6, 6.07) is 1.63. The van der Waals surface area contributed by atoms with Crippen molar-refractivity contribution in [2.75, 3.05) is 13.1 Å². The molecule has 2 N–H and O–H groups in total. The van der Waals surface area contributed by atoms with Crippen LogP contribution in [0, 0.1) is 0 Å². The van der Waals surface area contributed by atoms with Gasteiger partial charge in [-0.05, 0) is 26.0 Å². The highest BCUT2D eigenvalue weighted by atomic mass is 35.5. The van der Waals surface area contributed by atoms with E-state index in [9.17, 15) is 4.79 Å². The van der Waals surface area contributed by atoms with Crippen LogP contribution in [0.5, 0.6) is 0 Å². The summed E-state index contributed by atoms with van der Waals surface area (Å²) in [7, 11) is 0. The van der Waals surface area contributed by atoms with E-state index in [1.54, 1.807) is 12.3 Å². The van der Waals surface area contributed by atoms with Crippen molar-refractivity contribution in [2.24, 2.45) is 0 Å². The second kappa shape index (κ2) is 4.39. The van der Waals surface area contributed by atoms with Crippen molar-refractivity contribution >= 4 is 17.5 Å². The third kappa shape index (κ3) is 2.33. The van der Waals surface area contributed by atoms with E-state index in [0.717, 1.165) is 19.5 Å². The Kier molecular flexibility index (Phi) is 3.12. The lowest BCUT2D eigenvalue weighted by Crippen LogP contribution is -2.47. The van der Waals surface area contributed by atoms with Crippen molar-refractivity contribution in [2.45, 2.75) is 18.9 Å². The van der Waals surface area contributed by atoms with Crippen molar-refractivity contribution in [1.82, 2.24) is 15.6 Å². The Balaban J connectivity index is 2.11. The van der Waals surface area contributed by atoms with Crippen molar-refractivity contribution in [3.63, 3.8) is 0 Å². The Labute approximate surface area is 99.4 Å². The average Bonchev–Trinajstić information content (AvgIpc) is 2.65. The molecular formula is C11H14ClN3O. The van der Waals surface area contributed by atoms with Crippen LogP contribution in [0.25, 0.3) is 0 Å². The summed E-state index contributed by atoms with van der Waals surface area (Å²) in [4.78, 5) is 15.8. The normalized spacial score (nSPS) is 24.4. The summed E-state index contributed by atoms with van der Waals surface area (Å²) in [5.41, 5.74) is 0.300. The minimum Gasteiger partial charge on any atom is -0.346 e. The molecule has 4 nitrogen and oxygen atoms in total. The Morgan fingerprint density at radius 1 is 1.69 bits per heavy atom. The smallest absolute Gasteiger partial charge is 0.253 e. The zero-order valence-corrected chi connectivity index (χ0v) is 9.84. The van der Waals surface area contributed by atoms with Gasteiger partial charge < -0.3 is 10.6 Å². The molecule has 1 aliphatic heterocycles. The molecule has 1 aromatic heterocycles. The van der Waals surface area contributed by atoms with Gasteiger partial charge in [0, 0.05) is 18.9 Å². The second-order valence-corrected chi connectivity index (χ2v) is 4.70. The second-order valence-electron chi connectivity index (χ2n) is 4.30. The molecule has 5 heteroatoms. The first-order valence-electron chi connectivity index (χ1n) is 5.23. The standard InChI is InChI=1S/C11H14ClN3O/c1-11(3-5-14-7-11)15-10(16)8-2-4-13-6-9(8)12/h2,4,6,14H,3,5,7H2,1H3,(H,15,16). The summed E-state index contributed by atoms with van der Waals surface area (Å²) in [5, 5.41) is 6.61. The lowest BCUT2D eigenvalue weighted by atomic mass is 10.0. The maximum absolute atomic E-state index is 12.0. The number of carbonyl (C=O) groups excluding carboxylic acids is 1. The van der Waals surface area contributed by atoms with E-state index in [0.29, 0.717) is 10.6 Å². The fraction of sp³-hybridized carbons (Fsp3) is 0.455. The Bertz CT molecular complexity index is 402. The predicted molar refractivity (Wildman–Crippen MR) is 62.6 cm³/mol. The summed E-state index contributed by atoms with van der Waals surface area (Å²) in [5.74, 6) is -0.140. The van der Waals surface area contributed by atoms with Gasteiger partial charge in [-0.2, -0.15) is 0 Å². The number of rotatable bonds is 2. The van der Waals surface area contributed by atoms with Crippen molar-refractivity contribution < 1.29 is 4.79 Å². The minimum atomic E-state index is -0.177. The van der Waals surface area contributed by atoms with E-state index in [2.05, 4.69) is 15.6 Å². The maximum atomic E-state index is 12.0. The largest absolute Gasteiger partial charge is 0.346 e. The van der Waals surface area contributed by atoms with Gasteiger partial charge in [0.05, 0.1) is 16.1 Å². The van der Waals surface area contributed by atoms with E-state index < -0.39 is 0 Å². The van der Waals surface area contributed by atoms with Crippen LogP contribution in [0.4, 0.5) is 0 Å². The summed E-state index contributed by atoms with van der Waals surface area (Å²) >= 11 is 5.91. The van der Waals surface area contributed by atoms with Crippen LogP contribution in [-0.4, -0.2) is 29.5 Å². The third-order valence-electron chi connectivity index (χ3n) is 2.80. The highest BCUT2D eigenvalue weighted by molar-refractivity contribution is 6.33. The molecule has 1 unspecified atom stereocenters. The molecule has 1 saturated heterocycles. The molecule has 16 heavy (non-hydrogen) atoms. The number of nitrogens with one attached hydrogen (secondary N) is 2. The number of pyridine rings is 1. The molecule has 2 rings (SSSR count). The van der Waals surface area contributed by atoms with Gasteiger partial charge >= 0.3 is 0 Å². The van der Waals surface area contributed by atoms with Gasteiger partial charge in [0.2, 0.25) is 0 Å². The van der Waals surface area contributed by atoms with Gasteiger partial charge in [-0.25, -0.2) is 0 Å². The highest BCUT2D eigenvalue weighted by Gasteiger charge is 2.30. The lowest BCUT2D eigenvalue weighted by Gasteiger charge is -2.24. The molecule has 0 bridgehead atoms. The molecule has 1 aliphatic rings. The van der Waals surface area contributed by atoms with E-state index >= 15 is 0 Å². The first-order chi connectivity index (χ1) is 7.61. The van der Waals surface area contributed by atoms with E-state index in [1.165, 1.54) is 6.20 Å². The molecule has 0 radical (unpaired) electrons. The minimum absolute atomic E-state index is 0.140. The number of hydrogen-bond donors (Lipinski definition) is 2. The maximum Gasteiger partial charge on any atom is 0.253 e. The zero-order chi connectivity index (χ0) is 11.6. The molecular weight excluding hydrogens is 226 g/mol. The van der Waals surface area contributed by atoms with Crippen LogP contribution in [0.2, 0.25) is 5.02 Å². The average molecular weight is 240 g/mol. The van der Waals surface area contributed by atoms with Gasteiger partial charge in [-0.15, -0.1) is 0 Å². The Morgan fingerprint density at radius 2 is 2.50 bits per heavy atom. The quantitative estimate of drug-likeness (QED) is 0.816. The zero-order valence-electron chi connectivity index (χ0n) is 9.09. The van der Waals surface area contributed by atoms with Crippen molar-refractivity contribution in [3.05, 3.63) is 29.0 Å². The van der Waals surface area contributed by atoms with Gasteiger partial charge in [-0.1, -0.05) is 11.6 Å². The van der Waals surface area contributed by atoms with E-state index in [4.69, 9.17) is 11.6 Å². The van der Waals surface area contributed by atoms with Gasteiger partial charge in [0.25, 0.3) is 5.91 Å². The molecule has 0 saturated carbocycles. The van der Waals surface area contributed by atoms with Crippen LogP contribution in [0.3, 0.4) is 0 Å². The number of halogens is 1. The predicted octanol–water partition coefficient (Wildman–Crippen LogP) is 1.22. The van der Waals surface area contributed by atoms with E-state index in [1.807, 2.05) is 6.92 Å². The topological polar surface area (TPSA) is 54.0 Å². The number of nitrogens with zero attached hydrogens (tertiary/aromatic N) is 1. The molecule has 1 aromatic rings. The summed E-state index contributed by atoms with van der Waals surface area (Å²) < 4.78 is 0. The van der Waals surface area contributed by atoms with Crippen LogP contribution in [-0.2, 0) is 0 Å². The van der Waals surface area contributed by atoms with Crippen LogP contribution >= 0.6 is 11.6 Å². The van der Waals surface area contributed by atoms with Gasteiger partial charge in [0.1, 0.15) is 0 Å². The van der Waals surface area contributed by atoms with Crippen molar-refractivity contribution in [1.29, 1.82) is 0 Å². The molecule has 1 atom stereocenters. The van der Waals surface area contributed by atoms with Crippen LogP contribution < -0.4 is 10.6 Å². The van der Waals surface area contributed by atoms with Gasteiger partial charge in [0.15, 0.2) is 0 Å². The van der Waals surface area contributed by atoms with Crippen LogP contribution in [0.15, 0.2) is 18.5 Å². The number of aromatic nitrogens is 1. The number of hydrogen-bond acceptors (Lipinski definition) is 3. The first kappa shape index (κ1) is 11.4. The fourth-order valence-corrected chi connectivity index (χ4v) is 2.03. The Morgan fingerprint density at radius 3 is 3.12 bits per heavy atom. The molecule has 1 fully saturated rings. The Hall–Kier alpha value is -1.13. The van der Waals surface area contributed by atoms with Crippen LogP contribution in [0.1, 0.15) is 23.7 Å². The molecule has 1 amide bonds. The highest BCUT2D eigenvalue weighted by Crippen LogP contribution is 2.17. The van der Waals surface area contributed by atoms with E-state index in [-0.39, 0.29) is 11.4 Å². The first-order valence-corrected chi connectivity index (χ1v) is 5.61. The number of amides is 1. The SMILES string of the molecule is CC1(NC(=O)c2ccncc2Cl)CCNC1. The summed E-state index contributed by atoms with van der Waals surface area (Å²) in [6.07, 6.45) is 3.98. The lowest BCUT2D eigenvalue weighted by molar-refractivity contribution is 0.0913. The molecule has 0 aliphatic carbocycles. The van der Waals surface area contributed by atoms with Gasteiger partial charge in [-0.3, -0.25) is 9.78 Å². The molecule has 0 spiro atoms. The molecule has 0 aromatic carbocycles. The molecule has 86 valence electrons. The monoisotopic (exact) mass is 239 g/mol. The summed E-state index contributed by atoms with van der Waals surface area (Å²) in [6.45, 7) is 3.75. The number of carbonyl (C=O) groups is 1. The molecule has 2 heterocycles. The third-order valence-corrected chi connectivity index (χ3v) is 3.10.